The molecule has 0 radical (unpaired) electrons. The summed E-state index contributed by atoms with van der Waals surface area (Å²) < 4.78 is 10.7. The van der Waals surface area contributed by atoms with Gasteiger partial charge in [0.1, 0.15) is 17.9 Å². The molecule has 3 rings (SSSR count). The van der Waals surface area contributed by atoms with E-state index in [9.17, 15) is 9.59 Å². The summed E-state index contributed by atoms with van der Waals surface area (Å²) >= 11 is 2.88. The van der Waals surface area contributed by atoms with Crippen molar-refractivity contribution in [2.75, 3.05) is 18.3 Å². The molecule has 8 heteroatoms. The molecule has 3 aromatic rings. The van der Waals surface area contributed by atoms with Crippen LogP contribution in [0.5, 0.6) is 5.75 Å². The standard InChI is InChI=1S/C21H20N2O4S2/c1-14(24)23(16-7-5-4-6-8-16)21-22-15(13-29-21)12-27-20(25)18-10-9-17(28-3)11-19(18)26-2/h4-11,13H,12H2,1-3H3. The average Bonchev–Trinajstić information content (AvgIpc) is 3.20. The van der Waals surface area contributed by atoms with Crippen LogP contribution in [-0.2, 0) is 16.1 Å². The van der Waals surface area contributed by atoms with Crippen molar-refractivity contribution < 1.29 is 19.1 Å². The van der Waals surface area contributed by atoms with Crippen LogP contribution < -0.4 is 9.64 Å². The van der Waals surface area contributed by atoms with Crippen molar-refractivity contribution in [3.8, 4) is 5.75 Å². The molecule has 1 aromatic heterocycles. The number of benzene rings is 2. The van der Waals surface area contributed by atoms with E-state index in [-0.39, 0.29) is 12.5 Å². The summed E-state index contributed by atoms with van der Waals surface area (Å²) in [5.41, 5.74) is 1.66. The van der Waals surface area contributed by atoms with E-state index >= 15 is 0 Å². The Bertz CT molecular complexity index is 1000. The third kappa shape index (κ3) is 4.96. The highest BCUT2D eigenvalue weighted by atomic mass is 32.2. The topological polar surface area (TPSA) is 68.7 Å². The number of thioether (sulfide) groups is 1. The second-order valence-electron chi connectivity index (χ2n) is 5.95. The molecule has 0 N–H and O–H groups in total. The van der Waals surface area contributed by atoms with Crippen LogP contribution in [0, 0.1) is 0 Å². The summed E-state index contributed by atoms with van der Waals surface area (Å²) in [6.45, 7) is 1.49. The number of hydrogen-bond donors (Lipinski definition) is 0. The highest BCUT2D eigenvalue weighted by molar-refractivity contribution is 7.98. The Kier molecular flexibility index (Phi) is 6.90. The normalized spacial score (nSPS) is 10.4. The second-order valence-corrected chi connectivity index (χ2v) is 7.67. The van der Waals surface area contributed by atoms with Gasteiger partial charge in [0.2, 0.25) is 5.91 Å². The minimum Gasteiger partial charge on any atom is -0.496 e. The zero-order valence-corrected chi connectivity index (χ0v) is 17.9. The Morgan fingerprint density at radius 3 is 2.59 bits per heavy atom. The van der Waals surface area contributed by atoms with Crippen LogP contribution in [0.2, 0.25) is 0 Å². The van der Waals surface area contributed by atoms with Crippen molar-refractivity contribution in [1.29, 1.82) is 0 Å². The van der Waals surface area contributed by atoms with Crippen LogP contribution in [0.25, 0.3) is 0 Å². The van der Waals surface area contributed by atoms with Crippen LogP contribution in [0.4, 0.5) is 10.8 Å². The largest absolute Gasteiger partial charge is 0.496 e. The van der Waals surface area contributed by atoms with Gasteiger partial charge in [0.15, 0.2) is 5.13 Å². The number of rotatable bonds is 7. The van der Waals surface area contributed by atoms with Crippen LogP contribution >= 0.6 is 23.1 Å². The fourth-order valence-corrected chi connectivity index (χ4v) is 3.95. The van der Waals surface area contributed by atoms with E-state index in [0.717, 1.165) is 10.6 Å². The lowest BCUT2D eigenvalue weighted by Gasteiger charge is -2.17. The number of nitrogens with zero attached hydrogens (tertiary/aromatic N) is 2. The van der Waals surface area contributed by atoms with Gasteiger partial charge < -0.3 is 9.47 Å². The molecule has 2 aromatic carbocycles. The fourth-order valence-electron chi connectivity index (χ4n) is 2.65. The molecular formula is C21H20N2O4S2. The third-order valence-electron chi connectivity index (χ3n) is 4.04. The number of para-hydroxylation sites is 1. The smallest absolute Gasteiger partial charge is 0.342 e. The van der Waals surface area contributed by atoms with Gasteiger partial charge in [-0.1, -0.05) is 18.2 Å². The maximum Gasteiger partial charge on any atom is 0.342 e. The van der Waals surface area contributed by atoms with Crippen LogP contribution in [0.3, 0.4) is 0 Å². The van der Waals surface area contributed by atoms with Gasteiger partial charge in [-0.05, 0) is 36.6 Å². The molecule has 150 valence electrons. The first-order valence-electron chi connectivity index (χ1n) is 8.72. The molecule has 0 aliphatic rings. The minimum absolute atomic E-state index is 0.00328. The van der Waals surface area contributed by atoms with E-state index in [2.05, 4.69) is 4.98 Å². The molecule has 0 saturated carbocycles. The Balaban J connectivity index is 1.72. The summed E-state index contributed by atoms with van der Waals surface area (Å²) in [4.78, 5) is 31.6. The van der Waals surface area contributed by atoms with E-state index in [0.29, 0.717) is 22.1 Å². The molecule has 0 aliphatic carbocycles. The summed E-state index contributed by atoms with van der Waals surface area (Å²) in [5, 5.41) is 2.30. The SMILES string of the molecule is COc1cc(SC)ccc1C(=O)OCc1csc(N(C(C)=O)c2ccccc2)n1. The molecule has 0 fully saturated rings. The molecule has 0 atom stereocenters. The second kappa shape index (κ2) is 9.58. The number of carbonyl (C=O) groups excluding carboxylic acids is 2. The zero-order valence-electron chi connectivity index (χ0n) is 16.2. The predicted octanol–water partition coefficient (Wildman–Crippen LogP) is 4.92. The van der Waals surface area contributed by atoms with Crippen molar-refractivity contribution in [1.82, 2.24) is 4.98 Å². The van der Waals surface area contributed by atoms with Crippen molar-refractivity contribution in [2.24, 2.45) is 0 Å². The monoisotopic (exact) mass is 428 g/mol. The number of hydrogen-bond acceptors (Lipinski definition) is 7. The molecule has 0 unspecified atom stereocenters. The number of esters is 1. The molecular weight excluding hydrogens is 408 g/mol. The van der Waals surface area contributed by atoms with Gasteiger partial charge in [-0.3, -0.25) is 9.69 Å². The lowest BCUT2D eigenvalue weighted by molar-refractivity contribution is -0.115. The maximum absolute atomic E-state index is 12.5. The summed E-state index contributed by atoms with van der Waals surface area (Å²) in [6, 6.07) is 14.6. The van der Waals surface area contributed by atoms with Gasteiger partial charge in [0.25, 0.3) is 0 Å². The first-order chi connectivity index (χ1) is 14.0. The molecule has 6 nitrogen and oxygen atoms in total. The highest BCUT2D eigenvalue weighted by Gasteiger charge is 2.19. The van der Waals surface area contributed by atoms with Crippen molar-refractivity contribution >= 4 is 45.8 Å². The van der Waals surface area contributed by atoms with Crippen LogP contribution in [0.15, 0.2) is 58.8 Å². The maximum atomic E-state index is 12.5. The Morgan fingerprint density at radius 1 is 1.17 bits per heavy atom. The van der Waals surface area contributed by atoms with Gasteiger partial charge in [0, 0.05) is 17.2 Å². The first kappa shape index (κ1) is 20.9. The molecule has 0 spiro atoms. The Labute approximate surface area is 177 Å². The van der Waals surface area contributed by atoms with E-state index < -0.39 is 5.97 Å². The quantitative estimate of drug-likeness (QED) is 0.393. The first-order valence-corrected chi connectivity index (χ1v) is 10.8. The van der Waals surface area contributed by atoms with Crippen molar-refractivity contribution in [2.45, 2.75) is 18.4 Å². The number of carbonyl (C=O) groups is 2. The number of anilines is 2. The number of thiazole rings is 1. The zero-order chi connectivity index (χ0) is 20.8. The minimum atomic E-state index is -0.490. The molecule has 29 heavy (non-hydrogen) atoms. The molecule has 0 bridgehead atoms. The van der Waals surface area contributed by atoms with Crippen LogP contribution in [-0.4, -0.2) is 30.2 Å². The van der Waals surface area contributed by atoms with Gasteiger partial charge in [-0.2, -0.15) is 0 Å². The Hall–Kier alpha value is -2.84. The third-order valence-corrected chi connectivity index (χ3v) is 5.64. The number of amides is 1. The van der Waals surface area contributed by atoms with E-state index in [1.807, 2.05) is 42.7 Å². The van der Waals surface area contributed by atoms with Gasteiger partial charge in [0.05, 0.1) is 18.5 Å². The highest BCUT2D eigenvalue weighted by Crippen LogP contribution is 2.29. The predicted molar refractivity (Wildman–Crippen MR) is 115 cm³/mol. The van der Waals surface area contributed by atoms with Crippen molar-refractivity contribution in [3.63, 3.8) is 0 Å². The van der Waals surface area contributed by atoms with Gasteiger partial charge >= 0.3 is 5.97 Å². The number of methoxy groups -OCH3 is 1. The number of ether oxygens (including phenoxy) is 2. The van der Waals surface area contributed by atoms with Crippen LogP contribution in [0.1, 0.15) is 23.0 Å². The summed E-state index contributed by atoms with van der Waals surface area (Å²) in [5.74, 6) is -0.170. The van der Waals surface area contributed by atoms with Gasteiger partial charge in [-0.25, -0.2) is 9.78 Å². The molecule has 0 saturated heterocycles. The lowest BCUT2D eigenvalue weighted by atomic mass is 10.2. The summed E-state index contributed by atoms with van der Waals surface area (Å²) in [6.07, 6.45) is 1.95. The summed E-state index contributed by atoms with van der Waals surface area (Å²) in [7, 11) is 1.52. The van der Waals surface area contributed by atoms with Crippen molar-refractivity contribution in [3.05, 3.63) is 65.2 Å². The average molecular weight is 429 g/mol. The van der Waals surface area contributed by atoms with E-state index in [1.165, 1.54) is 30.3 Å². The van der Waals surface area contributed by atoms with E-state index in [4.69, 9.17) is 9.47 Å². The number of aromatic nitrogens is 1. The lowest BCUT2D eigenvalue weighted by Crippen LogP contribution is -2.22. The van der Waals surface area contributed by atoms with E-state index in [1.54, 1.807) is 29.3 Å². The fraction of sp³-hybridized carbons (Fsp3) is 0.190. The Morgan fingerprint density at radius 2 is 1.93 bits per heavy atom. The molecule has 0 aliphatic heterocycles. The van der Waals surface area contributed by atoms with Gasteiger partial charge in [-0.15, -0.1) is 23.1 Å². The molecule has 1 amide bonds. The molecule has 1 heterocycles.